The number of hydrogen-bond donors (Lipinski definition) is 0. The lowest BCUT2D eigenvalue weighted by Gasteiger charge is -2.07. The first kappa shape index (κ1) is 22.0. The second-order valence-electron chi connectivity index (χ2n) is 5.68. The molecule has 0 saturated heterocycles. The lowest BCUT2D eigenvalue weighted by molar-refractivity contribution is 0.340. The van der Waals surface area contributed by atoms with Crippen LogP contribution in [-0.4, -0.2) is 50.2 Å². The number of rotatable bonds is 14. The van der Waals surface area contributed by atoms with Crippen LogP contribution >= 0.6 is 34.4 Å². The first-order valence-electron chi connectivity index (χ1n) is 9.33. The standard InChI is InChI=1S/C20H28N2O2S3/c1-3-7-21-15-19-17(5-11-26-19)23-9-13-25-14-10-24-18-6-12-27-20(18)16-22-8-4-2/h5-6,11-12,15-16H,3-4,7-10,13-14H2,1-2H3. The van der Waals surface area contributed by atoms with Crippen LogP contribution in [0.3, 0.4) is 0 Å². The number of thioether (sulfide) groups is 1. The van der Waals surface area contributed by atoms with E-state index in [4.69, 9.17) is 9.47 Å². The smallest absolute Gasteiger partial charge is 0.138 e. The Morgan fingerprint density at radius 3 is 1.78 bits per heavy atom. The summed E-state index contributed by atoms with van der Waals surface area (Å²) < 4.78 is 11.8. The van der Waals surface area contributed by atoms with Crippen molar-refractivity contribution in [3.63, 3.8) is 0 Å². The van der Waals surface area contributed by atoms with Gasteiger partial charge in [0.15, 0.2) is 0 Å². The molecule has 0 radical (unpaired) electrons. The van der Waals surface area contributed by atoms with Crippen LogP contribution < -0.4 is 9.47 Å². The first-order valence-corrected chi connectivity index (χ1v) is 12.2. The van der Waals surface area contributed by atoms with Crippen LogP contribution in [0.15, 0.2) is 32.9 Å². The number of ether oxygens (including phenoxy) is 2. The molecule has 0 unspecified atom stereocenters. The van der Waals surface area contributed by atoms with E-state index in [2.05, 4.69) is 23.8 Å². The molecule has 0 N–H and O–H groups in total. The minimum Gasteiger partial charge on any atom is -0.491 e. The summed E-state index contributed by atoms with van der Waals surface area (Å²) in [5.74, 6) is 3.76. The van der Waals surface area contributed by atoms with Gasteiger partial charge in [0.2, 0.25) is 0 Å². The second-order valence-corrected chi connectivity index (χ2v) is 8.80. The minimum absolute atomic E-state index is 0.698. The van der Waals surface area contributed by atoms with Crippen molar-refractivity contribution in [2.45, 2.75) is 26.7 Å². The van der Waals surface area contributed by atoms with Crippen molar-refractivity contribution in [3.8, 4) is 11.5 Å². The van der Waals surface area contributed by atoms with Gasteiger partial charge in [-0.1, -0.05) is 13.8 Å². The molecule has 0 aliphatic carbocycles. The molecule has 0 amide bonds. The van der Waals surface area contributed by atoms with Crippen molar-refractivity contribution in [1.29, 1.82) is 0 Å². The van der Waals surface area contributed by atoms with Crippen LogP contribution in [0, 0.1) is 0 Å². The maximum Gasteiger partial charge on any atom is 0.138 e. The summed E-state index contributed by atoms with van der Waals surface area (Å²) in [6, 6.07) is 4.04. The van der Waals surface area contributed by atoms with Gasteiger partial charge < -0.3 is 9.47 Å². The summed E-state index contributed by atoms with van der Waals surface area (Å²) in [7, 11) is 0. The summed E-state index contributed by atoms with van der Waals surface area (Å²) in [6.07, 6.45) is 5.98. The highest BCUT2D eigenvalue weighted by Gasteiger charge is 2.04. The monoisotopic (exact) mass is 424 g/mol. The zero-order chi connectivity index (χ0) is 19.2. The molecule has 0 aliphatic rings. The molecule has 0 saturated carbocycles. The maximum atomic E-state index is 5.88. The summed E-state index contributed by atoms with van der Waals surface area (Å²) in [5, 5.41) is 4.09. The first-order chi connectivity index (χ1) is 13.3. The van der Waals surface area contributed by atoms with E-state index in [9.17, 15) is 0 Å². The fourth-order valence-corrected chi connectivity index (χ4v) is 4.16. The summed E-state index contributed by atoms with van der Waals surface area (Å²) in [6.45, 7) is 7.38. The zero-order valence-corrected chi connectivity index (χ0v) is 18.5. The average molecular weight is 425 g/mol. The topological polar surface area (TPSA) is 43.2 Å². The second kappa shape index (κ2) is 13.8. The van der Waals surface area contributed by atoms with Crippen molar-refractivity contribution in [2.24, 2.45) is 9.98 Å². The Kier molecular flexibility index (Phi) is 11.2. The van der Waals surface area contributed by atoms with Gasteiger partial charge in [-0.2, -0.15) is 11.8 Å². The lowest BCUT2D eigenvalue weighted by atomic mass is 10.4. The average Bonchev–Trinajstić information content (AvgIpc) is 3.31. The van der Waals surface area contributed by atoms with Crippen LogP contribution in [0.4, 0.5) is 0 Å². The lowest BCUT2D eigenvalue weighted by Crippen LogP contribution is -2.05. The van der Waals surface area contributed by atoms with Gasteiger partial charge in [-0.05, 0) is 35.7 Å². The molecule has 4 nitrogen and oxygen atoms in total. The third-order valence-corrected chi connectivity index (χ3v) is 5.98. The highest BCUT2D eigenvalue weighted by molar-refractivity contribution is 7.99. The van der Waals surface area contributed by atoms with Crippen LogP contribution in [0.5, 0.6) is 11.5 Å². The van der Waals surface area contributed by atoms with Gasteiger partial charge in [-0.25, -0.2) is 0 Å². The molecule has 27 heavy (non-hydrogen) atoms. The number of hydrogen-bond acceptors (Lipinski definition) is 7. The Balaban J connectivity index is 1.59. The largest absolute Gasteiger partial charge is 0.491 e. The zero-order valence-electron chi connectivity index (χ0n) is 16.1. The Labute approximate surface area is 174 Å². The molecule has 0 aromatic carbocycles. The van der Waals surface area contributed by atoms with Gasteiger partial charge in [0.25, 0.3) is 0 Å². The molecule has 0 spiro atoms. The Morgan fingerprint density at radius 1 is 0.852 bits per heavy atom. The van der Waals surface area contributed by atoms with E-state index in [0.717, 1.165) is 58.7 Å². The fourth-order valence-electron chi connectivity index (χ4n) is 2.12. The van der Waals surface area contributed by atoms with Crippen LogP contribution in [-0.2, 0) is 0 Å². The minimum atomic E-state index is 0.698. The quantitative estimate of drug-likeness (QED) is 0.290. The molecular formula is C20H28N2O2S3. The van der Waals surface area contributed by atoms with Crippen molar-refractivity contribution in [1.82, 2.24) is 0 Å². The van der Waals surface area contributed by atoms with Crippen LogP contribution in [0.1, 0.15) is 36.4 Å². The molecule has 0 atom stereocenters. The van der Waals surface area contributed by atoms with Gasteiger partial charge in [-0.3, -0.25) is 9.98 Å². The fraction of sp³-hybridized carbons (Fsp3) is 0.500. The van der Waals surface area contributed by atoms with E-state index in [-0.39, 0.29) is 0 Å². The molecule has 2 aromatic heterocycles. The SMILES string of the molecule is CCCN=Cc1sccc1OCCSCCOc1ccsc1C=NCCC. The third-order valence-electron chi connectivity index (χ3n) is 3.41. The number of nitrogens with zero attached hydrogens (tertiary/aromatic N) is 2. The van der Waals surface area contributed by atoms with Gasteiger partial charge in [0.1, 0.15) is 11.5 Å². The summed E-state index contributed by atoms with van der Waals surface area (Å²) >= 11 is 5.18. The predicted octanol–water partition coefficient (Wildman–Crippen LogP) is 5.66. The molecule has 0 fully saturated rings. The third kappa shape index (κ3) is 8.49. The van der Waals surface area contributed by atoms with Gasteiger partial charge in [0.05, 0.1) is 23.0 Å². The Bertz CT molecular complexity index is 637. The van der Waals surface area contributed by atoms with Gasteiger partial charge in [-0.15, -0.1) is 22.7 Å². The van der Waals surface area contributed by atoms with E-state index in [1.54, 1.807) is 22.7 Å². The van der Waals surface area contributed by atoms with E-state index < -0.39 is 0 Å². The van der Waals surface area contributed by atoms with Crippen LogP contribution in [0.25, 0.3) is 0 Å². The summed E-state index contributed by atoms with van der Waals surface area (Å²) in [5.41, 5.74) is 0. The van der Waals surface area contributed by atoms with E-state index >= 15 is 0 Å². The highest BCUT2D eigenvalue weighted by atomic mass is 32.2. The van der Waals surface area contributed by atoms with Gasteiger partial charge >= 0.3 is 0 Å². The molecule has 2 heterocycles. The molecule has 2 rings (SSSR count). The number of aliphatic imine (C=N–C) groups is 2. The van der Waals surface area contributed by atoms with Crippen molar-refractivity contribution < 1.29 is 9.47 Å². The van der Waals surface area contributed by atoms with E-state index in [0.29, 0.717) is 13.2 Å². The van der Waals surface area contributed by atoms with Crippen molar-refractivity contribution >= 4 is 46.9 Å². The number of thiophene rings is 2. The molecule has 0 aliphatic heterocycles. The van der Waals surface area contributed by atoms with Crippen molar-refractivity contribution in [2.75, 3.05) is 37.8 Å². The molecular weight excluding hydrogens is 396 g/mol. The maximum absolute atomic E-state index is 5.88. The van der Waals surface area contributed by atoms with E-state index in [1.807, 2.05) is 47.1 Å². The molecule has 0 bridgehead atoms. The molecule has 7 heteroatoms. The Morgan fingerprint density at radius 2 is 1.33 bits per heavy atom. The predicted molar refractivity (Wildman–Crippen MR) is 122 cm³/mol. The van der Waals surface area contributed by atoms with Crippen LogP contribution in [0.2, 0.25) is 0 Å². The van der Waals surface area contributed by atoms with Gasteiger partial charge in [0, 0.05) is 37.0 Å². The molecule has 148 valence electrons. The van der Waals surface area contributed by atoms with Crippen molar-refractivity contribution in [3.05, 3.63) is 32.6 Å². The normalized spacial score (nSPS) is 11.6. The molecule has 2 aromatic rings. The van der Waals surface area contributed by atoms with E-state index in [1.165, 1.54) is 0 Å². The Hall–Kier alpha value is -1.31. The highest BCUT2D eigenvalue weighted by Crippen LogP contribution is 2.24. The summed E-state index contributed by atoms with van der Waals surface area (Å²) in [4.78, 5) is 11.0.